The van der Waals surface area contributed by atoms with Gasteiger partial charge in [-0.1, -0.05) is 11.6 Å². The van der Waals surface area contributed by atoms with Crippen molar-refractivity contribution in [1.29, 1.82) is 0 Å². The molecule has 4 rings (SSSR count). The monoisotopic (exact) mass is 392 g/mol. The van der Waals surface area contributed by atoms with Gasteiger partial charge in [0, 0.05) is 54.7 Å². The van der Waals surface area contributed by atoms with Gasteiger partial charge >= 0.3 is 6.18 Å². The molecule has 3 heterocycles. The van der Waals surface area contributed by atoms with Crippen LogP contribution in [-0.2, 0) is 6.18 Å². The van der Waals surface area contributed by atoms with E-state index in [1.54, 1.807) is 6.20 Å². The van der Waals surface area contributed by atoms with Crippen LogP contribution in [0.15, 0.2) is 48.8 Å². The molecule has 0 atom stereocenters. The number of hydrogen-bond donors (Lipinski definition) is 0. The molecular formula is C19H16ClF3N4. The lowest BCUT2D eigenvalue weighted by Gasteiger charge is -2.37. The molecule has 2 aromatic heterocycles. The zero-order chi connectivity index (χ0) is 19.0. The maximum atomic E-state index is 12.7. The average molecular weight is 393 g/mol. The molecule has 3 aromatic rings. The van der Waals surface area contributed by atoms with E-state index in [-0.39, 0.29) is 0 Å². The molecule has 1 aliphatic rings. The second-order valence-corrected chi connectivity index (χ2v) is 6.80. The lowest BCUT2D eigenvalue weighted by Crippen LogP contribution is -2.46. The highest BCUT2D eigenvalue weighted by atomic mass is 35.5. The molecule has 1 fully saturated rings. The smallest absolute Gasteiger partial charge is 0.367 e. The van der Waals surface area contributed by atoms with Crippen molar-refractivity contribution < 1.29 is 13.2 Å². The van der Waals surface area contributed by atoms with Crippen LogP contribution in [0.3, 0.4) is 0 Å². The lowest BCUT2D eigenvalue weighted by atomic mass is 10.1. The zero-order valence-corrected chi connectivity index (χ0v) is 15.0. The highest BCUT2D eigenvalue weighted by Crippen LogP contribution is 2.31. The van der Waals surface area contributed by atoms with Gasteiger partial charge in [0.1, 0.15) is 5.82 Å². The fraction of sp³-hybridized carbons (Fsp3) is 0.263. The maximum absolute atomic E-state index is 12.7. The number of hydrogen-bond acceptors (Lipinski definition) is 4. The number of rotatable bonds is 2. The Kier molecular flexibility index (Phi) is 4.55. The first-order valence-corrected chi connectivity index (χ1v) is 8.87. The first kappa shape index (κ1) is 17.9. The van der Waals surface area contributed by atoms with E-state index < -0.39 is 11.7 Å². The Morgan fingerprint density at radius 3 is 2.30 bits per heavy atom. The summed E-state index contributed by atoms with van der Waals surface area (Å²) in [4.78, 5) is 12.6. The van der Waals surface area contributed by atoms with Gasteiger partial charge in [0.2, 0.25) is 0 Å². The molecule has 0 radical (unpaired) electrons. The van der Waals surface area contributed by atoms with Crippen molar-refractivity contribution in [3.05, 3.63) is 59.4 Å². The van der Waals surface area contributed by atoms with Crippen LogP contribution in [0.2, 0.25) is 5.02 Å². The number of alkyl halides is 3. The second-order valence-electron chi connectivity index (χ2n) is 6.37. The number of nitrogens with zero attached hydrogens (tertiary/aromatic N) is 4. The van der Waals surface area contributed by atoms with Crippen molar-refractivity contribution in [1.82, 2.24) is 9.97 Å². The molecule has 0 bridgehead atoms. The molecule has 27 heavy (non-hydrogen) atoms. The van der Waals surface area contributed by atoms with Gasteiger partial charge in [-0.2, -0.15) is 13.2 Å². The van der Waals surface area contributed by atoms with Crippen LogP contribution >= 0.6 is 11.6 Å². The van der Waals surface area contributed by atoms with Crippen LogP contribution in [0, 0.1) is 0 Å². The number of benzene rings is 1. The predicted molar refractivity (Wildman–Crippen MR) is 100 cm³/mol. The van der Waals surface area contributed by atoms with Crippen molar-refractivity contribution >= 4 is 34.0 Å². The Hall–Kier alpha value is -2.54. The quantitative estimate of drug-likeness (QED) is 0.636. The molecule has 1 aromatic carbocycles. The largest absolute Gasteiger partial charge is 0.417 e. The van der Waals surface area contributed by atoms with Gasteiger partial charge in [-0.15, -0.1) is 0 Å². The van der Waals surface area contributed by atoms with E-state index in [4.69, 9.17) is 11.6 Å². The summed E-state index contributed by atoms with van der Waals surface area (Å²) in [6.07, 6.45) is -1.71. The first-order valence-electron chi connectivity index (χ1n) is 8.49. The van der Waals surface area contributed by atoms with Crippen LogP contribution < -0.4 is 9.80 Å². The summed E-state index contributed by atoms with van der Waals surface area (Å²) in [5, 5.41) is 1.67. The Bertz CT molecular complexity index is 951. The van der Waals surface area contributed by atoms with Gasteiger partial charge in [-0.3, -0.25) is 4.98 Å². The van der Waals surface area contributed by atoms with E-state index in [0.29, 0.717) is 23.9 Å². The topological polar surface area (TPSA) is 32.3 Å². The molecule has 1 saturated heterocycles. The highest BCUT2D eigenvalue weighted by Gasteiger charge is 2.31. The van der Waals surface area contributed by atoms with Gasteiger partial charge in [-0.05, 0) is 36.4 Å². The third-order valence-corrected chi connectivity index (χ3v) is 4.94. The fourth-order valence-corrected chi connectivity index (χ4v) is 3.47. The van der Waals surface area contributed by atoms with Crippen molar-refractivity contribution in [2.24, 2.45) is 0 Å². The normalized spacial score (nSPS) is 15.4. The summed E-state index contributed by atoms with van der Waals surface area (Å²) in [7, 11) is 0. The summed E-state index contributed by atoms with van der Waals surface area (Å²) in [5.74, 6) is 0.564. The molecular weight excluding hydrogens is 377 g/mol. The molecule has 0 aliphatic carbocycles. The van der Waals surface area contributed by atoms with Gasteiger partial charge in [-0.25, -0.2) is 4.98 Å². The molecule has 0 N–H and O–H groups in total. The standard InChI is InChI=1S/C19H16ClF3N4/c20-14-2-3-15-16(11-14)24-6-5-17(15)26-7-9-27(10-8-26)18-4-1-13(12-25-18)19(21,22)23/h1-6,11-12H,7-10H2. The van der Waals surface area contributed by atoms with E-state index >= 15 is 0 Å². The maximum Gasteiger partial charge on any atom is 0.417 e. The number of fused-ring (bicyclic) bond motifs is 1. The number of pyridine rings is 2. The molecule has 1 aliphatic heterocycles. The molecule has 8 heteroatoms. The first-order chi connectivity index (χ1) is 12.9. The van der Waals surface area contributed by atoms with Crippen LogP contribution in [0.25, 0.3) is 10.9 Å². The van der Waals surface area contributed by atoms with Gasteiger partial charge in [0.05, 0.1) is 11.1 Å². The van der Waals surface area contributed by atoms with Crippen molar-refractivity contribution in [2.45, 2.75) is 6.18 Å². The van der Waals surface area contributed by atoms with E-state index in [1.807, 2.05) is 29.2 Å². The number of aromatic nitrogens is 2. The number of halogens is 4. The van der Waals surface area contributed by atoms with E-state index in [9.17, 15) is 13.2 Å². The summed E-state index contributed by atoms with van der Waals surface area (Å²) in [6, 6.07) is 10.1. The summed E-state index contributed by atoms with van der Waals surface area (Å²) < 4.78 is 38.0. The molecule has 0 unspecified atom stereocenters. The van der Waals surface area contributed by atoms with Crippen LogP contribution in [-0.4, -0.2) is 36.1 Å². The van der Waals surface area contributed by atoms with Crippen LogP contribution in [0.4, 0.5) is 24.7 Å². The average Bonchev–Trinajstić information content (AvgIpc) is 2.67. The van der Waals surface area contributed by atoms with Gasteiger partial charge in [0.15, 0.2) is 0 Å². The minimum absolute atomic E-state index is 0.564. The number of piperazine rings is 1. The molecule has 4 nitrogen and oxygen atoms in total. The zero-order valence-electron chi connectivity index (χ0n) is 14.2. The summed E-state index contributed by atoms with van der Waals surface area (Å²) >= 11 is 6.05. The van der Waals surface area contributed by atoms with E-state index in [1.165, 1.54) is 6.07 Å². The van der Waals surface area contributed by atoms with Crippen LogP contribution in [0.5, 0.6) is 0 Å². The second kappa shape index (κ2) is 6.88. The fourth-order valence-electron chi connectivity index (χ4n) is 3.30. The molecule has 0 spiro atoms. The third-order valence-electron chi connectivity index (χ3n) is 4.70. The predicted octanol–water partition coefficient (Wildman–Crippen LogP) is 4.63. The minimum Gasteiger partial charge on any atom is -0.367 e. The van der Waals surface area contributed by atoms with Gasteiger partial charge in [0.25, 0.3) is 0 Å². The van der Waals surface area contributed by atoms with Crippen LogP contribution in [0.1, 0.15) is 5.56 Å². The minimum atomic E-state index is -4.37. The van der Waals surface area contributed by atoms with E-state index in [0.717, 1.165) is 41.9 Å². The highest BCUT2D eigenvalue weighted by molar-refractivity contribution is 6.31. The molecule has 0 saturated carbocycles. The molecule has 140 valence electrons. The van der Waals surface area contributed by atoms with Gasteiger partial charge < -0.3 is 9.80 Å². The van der Waals surface area contributed by atoms with Crippen molar-refractivity contribution in [3.63, 3.8) is 0 Å². The summed E-state index contributed by atoms with van der Waals surface area (Å²) in [5.41, 5.74) is 1.19. The summed E-state index contributed by atoms with van der Waals surface area (Å²) in [6.45, 7) is 2.83. The van der Waals surface area contributed by atoms with Crippen molar-refractivity contribution in [2.75, 3.05) is 36.0 Å². The van der Waals surface area contributed by atoms with Crippen molar-refractivity contribution in [3.8, 4) is 0 Å². The lowest BCUT2D eigenvalue weighted by molar-refractivity contribution is -0.137. The SMILES string of the molecule is FC(F)(F)c1ccc(N2CCN(c3ccnc4cc(Cl)ccc34)CC2)nc1. The van der Waals surface area contributed by atoms with E-state index in [2.05, 4.69) is 14.9 Å². The third kappa shape index (κ3) is 3.64. The Balaban J connectivity index is 1.49. The Morgan fingerprint density at radius 2 is 1.63 bits per heavy atom. The number of anilines is 2. The molecule has 0 amide bonds. The Labute approximate surface area is 159 Å². The Morgan fingerprint density at radius 1 is 0.889 bits per heavy atom.